The smallest absolute Gasteiger partial charge is 0.471 e. The van der Waals surface area contributed by atoms with Gasteiger partial charge in [0.05, 0.1) is 38.7 Å². The summed E-state index contributed by atoms with van der Waals surface area (Å²) < 4.78 is 72.8. The maximum Gasteiger partial charge on any atom is 0.471 e. The van der Waals surface area contributed by atoms with Crippen molar-refractivity contribution in [3.05, 3.63) is 88.9 Å². The molecule has 1 N–H and O–H groups in total. The number of nitrogens with zero attached hydrogens (tertiary/aromatic N) is 1. The maximum absolute atomic E-state index is 14.4. The SMILES string of the molecule is COc1cc([C@@H]2CC(=O)C3=C(C2)Nc2ccccc2N(C(=O)C(F)(F)F)[C@@H]3c2cccc(F)c2)cc(OC)c1OC. The van der Waals surface area contributed by atoms with Crippen LogP contribution in [0.4, 0.5) is 28.9 Å². The van der Waals surface area contributed by atoms with Gasteiger partial charge in [-0.1, -0.05) is 24.3 Å². The first-order chi connectivity index (χ1) is 19.6. The second-order valence-corrected chi connectivity index (χ2v) is 9.65. The number of hydrogen-bond acceptors (Lipinski definition) is 6. The van der Waals surface area contributed by atoms with E-state index in [1.54, 1.807) is 18.2 Å². The number of nitrogens with one attached hydrogen (secondary N) is 1. The minimum atomic E-state index is -5.26. The van der Waals surface area contributed by atoms with Crippen LogP contribution in [0, 0.1) is 5.82 Å². The zero-order valence-electron chi connectivity index (χ0n) is 22.3. The number of Topliss-reactive ketones (excluding diaryl/α,β-unsaturated/α-hetero) is 1. The Morgan fingerprint density at radius 2 is 1.59 bits per heavy atom. The third kappa shape index (κ3) is 5.07. The number of halogens is 4. The summed E-state index contributed by atoms with van der Waals surface area (Å²) in [5.41, 5.74) is 1.13. The molecule has 0 fully saturated rings. The first-order valence-corrected chi connectivity index (χ1v) is 12.6. The number of para-hydroxylation sites is 2. The lowest BCUT2D eigenvalue weighted by Crippen LogP contribution is -2.45. The van der Waals surface area contributed by atoms with Gasteiger partial charge in [-0.05, 0) is 59.9 Å². The van der Waals surface area contributed by atoms with Gasteiger partial charge in [0, 0.05) is 17.7 Å². The van der Waals surface area contributed by atoms with Crippen LogP contribution in [0.3, 0.4) is 0 Å². The molecular weight excluding hydrogens is 544 g/mol. The summed E-state index contributed by atoms with van der Waals surface area (Å²) >= 11 is 0. The first kappa shape index (κ1) is 28.0. The van der Waals surface area contributed by atoms with Gasteiger partial charge in [0.15, 0.2) is 17.3 Å². The minimum absolute atomic E-state index is 0.0342. The van der Waals surface area contributed by atoms with Gasteiger partial charge >= 0.3 is 12.1 Å². The molecule has 1 aliphatic carbocycles. The topological polar surface area (TPSA) is 77.1 Å². The van der Waals surface area contributed by atoms with Gasteiger partial charge in [-0.2, -0.15) is 13.2 Å². The van der Waals surface area contributed by atoms with Crippen LogP contribution in [0.2, 0.25) is 0 Å². The van der Waals surface area contributed by atoms with E-state index in [1.807, 2.05) is 0 Å². The summed E-state index contributed by atoms with van der Waals surface area (Å²) in [5.74, 6) is -2.66. The zero-order valence-corrected chi connectivity index (χ0v) is 22.3. The summed E-state index contributed by atoms with van der Waals surface area (Å²) in [7, 11) is 4.40. The number of benzene rings is 3. The summed E-state index contributed by atoms with van der Waals surface area (Å²) in [5, 5.41) is 3.14. The van der Waals surface area contributed by atoms with Gasteiger partial charge < -0.3 is 19.5 Å². The van der Waals surface area contributed by atoms with Crippen molar-refractivity contribution < 1.29 is 41.4 Å². The quantitative estimate of drug-likeness (QED) is 0.362. The molecule has 5 rings (SSSR count). The normalized spacial score (nSPS) is 18.6. The first-order valence-electron chi connectivity index (χ1n) is 12.6. The van der Waals surface area contributed by atoms with Gasteiger partial charge in [0.25, 0.3) is 0 Å². The molecule has 1 heterocycles. The van der Waals surface area contributed by atoms with E-state index in [0.717, 1.165) is 12.1 Å². The van der Waals surface area contributed by atoms with Crippen molar-refractivity contribution in [3.8, 4) is 17.2 Å². The van der Waals surface area contributed by atoms with E-state index in [0.29, 0.717) is 33.4 Å². The van der Waals surface area contributed by atoms with Gasteiger partial charge in [-0.25, -0.2) is 4.39 Å². The fraction of sp³-hybridized carbons (Fsp3) is 0.267. The van der Waals surface area contributed by atoms with Crippen LogP contribution >= 0.6 is 0 Å². The summed E-state index contributed by atoms with van der Waals surface area (Å²) in [6.45, 7) is 0. The molecule has 1 amide bonds. The number of alkyl halides is 3. The molecule has 0 aromatic heterocycles. The molecule has 41 heavy (non-hydrogen) atoms. The number of allylic oxidation sites excluding steroid dienone is 1. The van der Waals surface area contributed by atoms with Gasteiger partial charge in [-0.3, -0.25) is 14.5 Å². The van der Waals surface area contributed by atoms with Crippen molar-refractivity contribution in [3.63, 3.8) is 0 Å². The van der Waals surface area contributed by atoms with Crippen LogP contribution in [-0.2, 0) is 9.59 Å². The predicted molar refractivity (Wildman–Crippen MR) is 143 cm³/mol. The highest BCUT2D eigenvalue weighted by Gasteiger charge is 2.50. The van der Waals surface area contributed by atoms with Crippen LogP contribution < -0.4 is 24.4 Å². The van der Waals surface area contributed by atoms with Crippen LogP contribution in [-0.4, -0.2) is 39.2 Å². The number of fused-ring (bicyclic) bond motifs is 1. The van der Waals surface area contributed by atoms with Crippen molar-refractivity contribution in [2.24, 2.45) is 0 Å². The fourth-order valence-corrected chi connectivity index (χ4v) is 5.52. The molecule has 11 heteroatoms. The highest BCUT2D eigenvalue weighted by Crippen LogP contribution is 2.50. The Morgan fingerprint density at radius 3 is 2.20 bits per heavy atom. The Labute approximate surface area is 233 Å². The summed E-state index contributed by atoms with van der Waals surface area (Å²) in [6, 6.07) is 12.8. The van der Waals surface area contributed by atoms with E-state index in [4.69, 9.17) is 14.2 Å². The van der Waals surface area contributed by atoms with Crippen LogP contribution in [0.5, 0.6) is 17.2 Å². The van der Waals surface area contributed by atoms with Crippen LogP contribution in [0.1, 0.15) is 35.9 Å². The van der Waals surface area contributed by atoms with Gasteiger partial charge in [-0.15, -0.1) is 0 Å². The Balaban J connectivity index is 1.71. The molecule has 1 aliphatic heterocycles. The molecular formula is C30H26F4N2O5. The lowest BCUT2D eigenvalue weighted by atomic mass is 9.78. The molecule has 214 valence electrons. The number of hydrogen-bond donors (Lipinski definition) is 1. The molecule has 0 bridgehead atoms. The standard InChI is InChI=1S/C30H26F4N2O5/c1-39-24-14-18(15-25(40-2)28(24)41-3)17-12-21-26(23(37)13-17)27(16-7-6-8-19(31)11-16)36(29(38)30(32,33)34)22-10-5-4-9-20(22)35-21/h4-11,14-15,17,27,35H,12-13H2,1-3H3/t17-,27+/m0/s1. The molecule has 3 aromatic rings. The lowest BCUT2D eigenvalue weighted by Gasteiger charge is -2.35. The van der Waals surface area contributed by atoms with E-state index in [9.17, 15) is 27.2 Å². The summed E-state index contributed by atoms with van der Waals surface area (Å²) in [4.78, 5) is 27.5. The number of rotatable bonds is 5. The molecule has 0 radical (unpaired) electrons. The van der Waals surface area contributed by atoms with Crippen molar-refractivity contribution in [2.45, 2.75) is 31.0 Å². The van der Waals surface area contributed by atoms with E-state index in [-0.39, 0.29) is 35.4 Å². The Kier molecular flexibility index (Phi) is 7.37. The maximum atomic E-state index is 14.4. The molecule has 0 saturated heterocycles. The average Bonchev–Trinajstić information content (AvgIpc) is 3.10. The molecule has 0 saturated carbocycles. The highest BCUT2D eigenvalue weighted by atomic mass is 19.4. The minimum Gasteiger partial charge on any atom is -0.493 e. The number of carbonyl (C=O) groups is 2. The number of amides is 1. The van der Waals surface area contributed by atoms with Crippen molar-refractivity contribution in [2.75, 3.05) is 31.5 Å². The predicted octanol–water partition coefficient (Wildman–Crippen LogP) is 6.31. The zero-order chi connectivity index (χ0) is 29.5. The van der Waals surface area contributed by atoms with Gasteiger partial charge in [0.1, 0.15) is 5.82 Å². The Hall–Kier alpha value is -4.54. The van der Waals surface area contributed by atoms with Crippen molar-refractivity contribution >= 4 is 23.1 Å². The fourth-order valence-electron chi connectivity index (χ4n) is 5.52. The number of ketones is 1. The van der Waals surface area contributed by atoms with E-state index < -0.39 is 35.6 Å². The lowest BCUT2D eigenvalue weighted by molar-refractivity contribution is -0.170. The molecule has 2 aliphatic rings. The van der Waals surface area contributed by atoms with Crippen molar-refractivity contribution in [1.29, 1.82) is 0 Å². The largest absolute Gasteiger partial charge is 0.493 e. The third-order valence-corrected chi connectivity index (χ3v) is 7.27. The number of methoxy groups -OCH3 is 3. The molecule has 2 atom stereocenters. The number of ether oxygens (including phenoxy) is 3. The summed E-state index contributed by atoms with van der Waals surface area (Å²) in [6.07, 6.45) is -5.15. The average molecular weight is 571 g/mol. The Bertz CT molecular complexity index is 1530. The Morgan fingerprint density at radius 1 is 0.902 bits per heavy atom. The van der Waals surface area contributed by atoms with E-state index in [1.165, 1.54) is 51.7 Å². The van der Waals surface area contributed by atoms with Crippen molar-refractivity contribution in [1.82, 2.24) is 0 Å². The van der Waals surface area contributed by atoms with Gasteiger partial charge in [0.2, 0.25) is 5.75 Å². The van der Waals surface area contributed by atoms with Crippen LogP contribution in [0.25, 0.3) is 0 Å². The molecule has 7 nitrogen and oxygen atoms in total. The monoisotopic (exact) mass is 570 g/mol. The second-order valence-electron chi connectivity index (χ2n) is 9.65. The highest BCUT2D eigenvalue weighted by molar-refractivity contribution is 6.07. The number of anilines is 2. The van der Waals surface area contributed by atoms with E-state index >= 15 is 0 Å². The third-order valence-electron chi connectivity index (χ3n) is 7.27. The molecule has 3 aromatic carbocycles. The molecule has 0 spiro atoms. The number of carbonyl (C=O) groups excluding carboxylic acids is 2. The molecule has 0 unspecified atom stereocenters. The second kappa shape index (κ2) is 10.8. The van der Waals surface area contributed by atoms with Crippen LogP contribution in [0.15, 0.2) is 71.9 Å². The van der Waals surface area contributed by atoms with E-state index in [2.05, 4.69) is 5.32 Å².